The van der Waals surface area contributed by atoms with Gasteiger partial charge in [-0.2, -0.15) is 13.2 Å². The lowest BCUT2D eigenvalue weighted by atomic mass is 10.1. The largest absolute Gasteiger partial charge is 0.414 e. The highest BCUT2D eigenvalue weighted by Gasteiger charge is 2.40. The SMILES string of the molecule is CNC1CCOCC1OC(C)C(F)(F)F. The first-order valence-corrected chi connectivity index (χ1v) is 4.92. The van der Waals surface area contributed by atoms with Crippen LogP contribution in [-0.2, 0) is 9.47 Å². The van der Waals surface area contributed by atoms with Crippen LogP contribution in [0.1, 0.15) is 13.3 Å². The molecule has 0 bridgehead atoms. The number of rotatable bonds is 3. The molecule has 1 saturated heterocycles. The molecule has 1 N–H and O–H groups in total. The van der Waals surface area contributed by atoms with Gasteiger partial charge in [-0.3, -0.25) is 0 Å². The van der Waals surface area contributed by atoms with E-state index in [4.69, 9.17) is 9.47 Å². The lowest BCUT2D eigenvalue weighted by Gasteiger charge is -2.33. The minimum absolute atomic E-state index is 0.0662. The van der Waals surface area contributed by atoms with Gasteiger partial charge in [0.2, 0.25) is 0 Å². The smallest absolute Gasteiger partial charge is 0.379 e. The molecule has 15 heavy (non-hydrogen) atoms. The molecule has 0 aromatic carbocycles. The first-order valence-electron chi connectivity index (χ1n) is 4.92. The second-order valence-corrected chi connectivity index (χ2v) is 3.62. The zero-order valence-corrected chi connectivity index (χ0v) is 8.80. The molecule has 0 spiro atoms. The summed E-state index contributed by atoms with van der Waals surface area (Å²) in [4.78, 5) is 0. The Bertz CT molecular complexity index is 198. The highest BCUT2D eigenvalue weighted by Crippen LogP contribution is 2.25. The number of likely N-dealkylation sites (N-methyl/N-ethyl adjacent to an activating group) is 1. The summed E-state index contributed by atoms with van der Waals surface area (Å²) in [6.07, 6.45) is -5.91. The van der Waals surface area contributed by atoms with Gasteiger partial charge in [0.05, 0.1) is 12.7 Å². The van der Waals surface area contributed by atoms with E-state index in [-0.39, 0.29) is 12.6 Å². The van der Waals surface area contributed by atoms with Gasteiger partial charge in [-0.15, -0.1) is 0 Å². The van der Waals surface area contributed by atoms with Crippen LogP contribution in [-0.4, -0.2) is 44.7 Å². The fraction of sp³-hybridized carbons (Fsp3) is 1.00. The summed E-state index contributed by atoms with van der Waals surface area (Å²) in [5.41, 5.74) is 0. The second-order valence-electron chi connectivity index (χ2n) is 3.62. The highest BCUT2D eigenvalue weighted by molar-refractivity contribution is 4.80. The Kier molecular flexibility index (Phi) is 4.36. The fourth-order valence-corrected chi connectivity index (χ4v) is 1.52. The van der Waals surface area contributed by atoms with Gasteiger partial charge in [-0.1, -0.05) is 0 Å². The van der Waals surface area contributed by atoms with Gasteiger partial charge < -0.3 is 14.8 Å². The molecule has 3 atom stereocenters. The van der Waals surface area contributed by atoms with E-state index < -0.39 is 18.4 Å². The van der Waals surface area contributed by atoms with E-state index in [0.717, 1.165) is 6.92 Å². The van der Waals surface area contributed by atoms with Crippen molar-refractivity contribution in [2.45, 2.75) is 37.8 Å². The summed E-state index contributed by atoms with van der Waals surface area (Å²) >= 11 is 0. The molecule has 0 aromatic rings. The van der Waals surface area contributed by atoms with Crippen molar-refractivity contribution >= 4 is 0 Å². The molecule has 0 saturated carbocycles. The molecule has 1 aliphatic rings. The Morgan fingerprint density at radius 2 is 2.13 bits per heavy atom. The second kappa shape index (κ2) is 5.14. The van der Waals surface area contributed by atoms with Crippen LogP contribution >= 0.6 is 0 Å². The van der Waals surface area contributed by atoms with Crippen LogP contribution in [0.3, 0.4) is 0 Å². The van der Waals surface area contributed by atoms with Gasteiger partial charge in [0.15, 0.2) is 6.10 Å². The van der Waals surface area contributed by atoms with E-state index in [1.165, 1.54) is 0 Å². The van der Waals surface area contributed by atoms with Gasteiger partial charge in [0.1, 0.15) is 0 Å². The monoisotopic (exact) mass is 227 g/mol. The summed E-state index contributed by atoms with van der Waals surface area (Å²) in [6, 6.07) is -0.0662. The maximum Gasteiger partial charge on any atom is 0.414 e. The number of nitrogens with one attached hydrogen (secondary N) is 1. The van der Waals surface area contributed by atoms with Crippen LogP contribution in [0.4, 0.5) is 13.2 Å². The summed E-state index contributed by atoms with van der Waals surface area (Å²) in [6.45, 7) is 1.79. The van der Waals surface area contributed by atoms with Gasteiger partial charge >= 0.3 is 6.18 Å². The van der Waals surface area contributed by atoms with Crippen LogP contribution in [0.15, 0.2) is 0 Å². The van der Waals surface area contributed by atoms with E-state index in [1.807, 2.05) is 0 Å². The maximum atomic E-state index is 12.2. The first-order chi connectivity index (χ1) is 6.95. The Labute approximate surface area is 86.9 Å². The van der Waals surface area contributed by atoms with Crippen molar-refractivity contribution in [3.8, 4) is 0 Å². The standard InChI is InChI=1S/C9H16F3NO2/c1-6(9(10,11)12)15-8-5-14-4-3-7(8)13-2/h6-8,13H,3-5H2,1-2H3. The summed E-state index contributed by atoms with van der Waals surface area (Å²) in [5.74, 6) is 0. The molecule has 0 aromatic heterocycles. The van der Waals surface area contributed by atoms with E-state index in [1.54, 1.807) is 7.05 Å². The molecule has 1 aliphatic heterocycles. The van der Waals surface area contributed by atoms with E-state index in [2.05, 4.69) is 5.32 Å². The third-order valence-corrected chi connectivity index (χ3v) is 2.51. The number of hydrogen-bond acceptors (Lipinski definition) is 3. The molecule has 1 fully saturated rings. The van der Waals surface area contributed by atoms with Gasteiger partial charge in [-0.25, -0.2) is 0 Å². The molecule has 0 radical (unpaired) electrons. The third kappa shape index (κ3) is 3.62. The van der Waals surface area contributed by atoms with Crippen molar-refractivity contribution in [1.29, 1.82) is 0 Å². The molecule has 90 valence electrons. The lowest BCUT2D eigenvalue weighted by Crippen LogP contribution is -2.49. The van der Waals surface area contributed by atoms with Gasteiger partial charge in [0, 0.05) is 12.6 Å². The zero-order valence-electron chi connectivity index (χ0n) is 8.80. The molecule has 3 nitrogen and oxygen atoms in total. The first kappa shape index (κ1) is 12.7. The minimum atomic E-state index is -4.31. The lowest BCUT2D eigenvalue weighted by molar-refractivity contribution is -0.238. The van der Waals surface area contributed by atoms with Crippen molar-refractivity contribution < 1.29 is 22.6 Å². The molecular weight excluding hydrogens is 211 g/mol. The Balaban J connectivity index is 2.48. The Hall–Kier alpha value is -0.330. The summed E-state index contributed by atoms with van der Waals surface area (Å²) in [7, 11) is 1.71. The summed E-state index contributed by atoms with van der Waals surface area (Å²) < 4.78 is 46.8. The van der Waals surface area contributed by atoms with Crippen LogP contribution in [0.5, 0.6) is 0 Å². The van der Waals surface area contributed by atoms with Crippen LogP contribution < -0.4 is 5.32 Å². The molecule has 0 amide bonds. The average molecular weight is 227 g/mol. The molecule has 6 heteroatoms. The predicted molar refractivity (Wildman–Crippen MR) is 48.7 cm³/mol. The predicted octanol–water partition coefficient (Wildman–Crippen LogP) is 1.33. The number of halogens is 3. The quantitative estimate of drug-likeness (QED) is 0.789. The molecule has 0 aliphatic carbocycles. The van der Waals surface area contributed by atoms with Crippen molar-refractivity contribution in [1.82, 2.24) is 5.32 Å². The Morgan fingerprint density at radius 1 is 1.47 bits per heavy atom. The van der Waals surface area contributed by atoms with Gasteiger partial charge in [-0.05, 0) is 20.4 Å². The van der Waals surface area contributed by atoms with E-state index >= 15 is 0 Å². The van der Waals surface area contributed by atoms with Crippen LogP contribution in [0.25, 0.3) is 0 Å². The average Bonchev–Trinajstić information content (AvgIpc) is 2.17. The zero-order chi connectivity index (χ0) is 11.5. The summed E-state index contributed by atoms with van der Waals surface area (Å²) in [5, 5.41) is 2.94. The molecule has 1 rings (SSSR count). The van der Waals surface area contributed by atoms with Crippen molar-refractivity contribution in [2.75, 3.05) is 20.3 Å². The fourth-order valence-electron chi connectivity index (χ4n) is 1.52. The van der Waals surface area contributed by atoms with Crippen LogP contribution in [0.2, 0.25) is 0 Å². The Morgan fingerprint density at radius 3 is 2.67 bits per heavy atom. The number of hydrogen-bond donors (Lipinski definition) is 1. The van der Waals surface area contributed by atoms with E-state index in [9.17, 15) is 13.2 Å². The third-order valence-electron chi connectivity index (χ3n) is 2.51. The normalized spacial score (nSPS) is 30.2. The van der Waals surface area contributed by atoms with Crippen LogP contribution in [0, 0.1) is 0 Å². The maximum absolute atomic E-state index is 12.2. The molecule has 1 heterocycles. The molecule has 3 unspecified atom stereocenters. The number of alkyl halides is 3. The van der Waals surface area contributed by atoms with Crippen molar-refractivity contribution in [2.24, 2.45) is 0 Å². The number of ether oxygens (including phenoxy) is 2. The highest BCUT2D eigenvalue weighted by atomic mass is 19.4. The minimum Gasteiger partial charge on any atom is -0.379 e. The van der Waals surface area contributed by atoms with E-state index in [0.29, 0.717) is 13.0 Å². The van der Waals surface area contributed by atoms with Gasteiger partial charge in [0.25, 0.3) is 0 Å². The topological polar surface area (TPSA) is 30.5 Å². The van der Waals surface area contributed by atoms with Crippen molar-refractivity contribution in [3.05, 3.63) is 0 Å². The van der Waals surface area contributed by atoms with Crippen molar-refractivity contribution in [3.63, 3.8) is 0 Å². The molecular formula is C9H16F3NO2.